The van der Waals surface area contributed by atoms with Crippen LogP contribution in [0.1, 0.15) is 58.4 Å². The predicted molar refractivity (Wildman–Crippen MR) is 107 cm³/mol. The Kier molecular flexibility index (Phi) is 7.76. The number of hydrogen-bond donors (Lipinski definition) is 2. The fourth-order valence-corrected chi connectivity index (χ4v) is 3.61. The molecule has 1 aliphatic carbocycles. The number of rotatable bonds is 8. The van der Waals surface area contributed by atoms with E-state index in [4.69, 9.17) is 4.74 Å². The lowest BCUT2D eigenvalue weighted by Gasteiger charge is -2.28. The molecule has 0 radical (unpaired) electrons. The minimum atomic E-state index is -0.844. The van der Waals surface area contributed by atoms with E-state index in [-0.39, 0.29) is 30.3 Å². The zero-order valence-corrected chi connectivity index (χ0v) is 17.5. The summed E-state index contributed by atoms with van der Waals surface area (Å²) in [5.41, 5.74) is -0.312. The van der Waals surface area contributed by atoms with E-state index < -0.39 is 17.3 Å². The van der Waals surface area contributed by atoms with E-state index >= 15 is 0 Å². The van der Waals surface area contributed by atoms with E-state index in [1.807, 2.05) is 20.8 Å². The number of benzene rings is 1. The molecule has 1 fully saturated rings. The molecule has 0 heterocycles. The van der Waals surface area contributed by atoms with Crippen molar-refractivity contribution in [1.82, 2.24) is 10.6 Å². The summed E-state index contributed by atoms with van der Waals surface area (Å²) in [5, 5.41) is 5.57. The molecule has 1 aliphatic rings. The van der Waals surface area contributed by atoms with E-state index in [0.29, 0.717) is 25.8 Å². The van der Waals surface area contributed by atoms with Crippen LogP contribution in [0.25, 0.3) is 0 Å². The topological polar surface area (TPSA) is 84.5 Å². The summed E-state index contributed by atoms with van der Waals surface area (Å²) in [6, 6.07) is 6.06. The molecule has 0 atom stereocenters. The number of halogens is 1. The van der Waals surface area contributed by atoms with E-state index in [2.05, 4.69) is 10.6 Å². The Labute approximate surface area is 171 Å². The highest BCUT2D eigenvalue weighted by Gasteiger charge is 2.44. The first-order valence-corrected chi connectivity index (χ1v) is 10.1. The van der Waals surface area contributed by atoms with Gasteiger partial charge in [-0.15, -0.1) is 0 Å². The number of amides is 2. The SMILES string of the molecule is CC(C)(C)NC(=O)CC1(C(=O)OCC(=O)NCCc2ccc(F)cc2)CCCC1. The highest BCUT2D eigenvalue weighted by molar-refractivity contribution is 5.88. The van der Waals surface area contributed by atoms with Crippen LogP contribution in [-0.4, -0.2) is 36.5 Å². The van der Waals surface area contributed by atoms with Crippen molar-refractivity contribution < 1.29 is 23.5 Å². The maximum Gasteiger partial charge on any atom is 0.313 e. The molecule has 0 spiro atoms. The summed E-state index contributed by atoms with van der Waals surface area (Å²) >= 11 is 0. The third-order valence-electron chi connectivity index (χ3n) is 4.99. The smallest absolute Gasteiger partial charge is 0.313 e. The zero-order valence-electron chi connectivity index (χ0n) is 17.5. The molecule has 2 N–H and O–H groups in total. The monoisotopic (exact) mass is 406 g/mol. The third kappa shape index (κ3) is 7.48. The second-order valence-electron chi connectivity index (χ2n) is 8.76. The molecule has 2 rings (SSSR count). The number of hydrogen-bond acceptors (Lipinski definition) is 4. The van der Waals surface area contributed by atoms with Gasteiger partial charge in [0.15, 0.2) is 6.61 Å². The molecule has 0 aliphatic heterocycles. The van der Waals surface area contributed by atoms with Crippen molar-refractivity contribution in [2.75, 3.05) is 13.2 Å². The molecule has 0 unspecified atom stereocenters. The molecule has 0 aromatic heterocycles. The first-order valence-electron chi connectivity index (χ1n) is 10.1. The molecule has 1 aromatic rings. The van der Waals surface area contributed by atoms with Crippen LogP contribution in [-0.2, 0) is 25.5 Å². The zero-order chi connectivity index (χ0) is 21.5. The normalized spacial score (nSPS) is 15.6. The second-order valence-corrected chi connectivity index (χ2v) is 8.76. The number of carbonyl (C=O) groups is 3. The van der Waals surface area contributed by atoms with Gasteiger partial charge in [0.25, 0.3) is 5.91 Å². The van der Waals surface area contributed by atoms with Gasteiger partial charge in [0.1, 0.15) is 5.82 Å². The Hall–Kier alpha value is -2.44. The van der Waals surface area contributed by atoms with Gasteiger partial charge in [-0.05, 0) is 57.7 Å². The lowest BCUT2D eigenvalue weighted by atomic mass is 9.82. The Morgan fingerprint density at radius 1 is 1.07 bits per heavy atom. The highest BCUT2D eigenvalue weighted by Crippen LogP contribution is 2.42. The van der Waals surface area contributed by atoms with Crippen LogP contribution >= 0.6 is 0 Å². The average molecular weight is 406 g/mol. The van der Waals surface area contributed by atoms with Gasteiger partial charge in [-0.25, -0.2) is 4.39 Å². The summed E-state index contributed by atoms with van der Waals surface area (Å²) in [6.45, 7) is 5.66. The summed E-state index contributed by atoms with van der Waals surface area (Å²) in [7, 11) is 0. The minimum Gasteiger partial charge on any atom is -0.455 e. The van der Waals surface area contributed by atoms with Gasteiger partial charge in [-0.3, -0.25) is 14.4 Å². The first-order chi connectivity index (χ1) is 13.6. The third-order valence-corrected chi connectivity index (χ3v) is 4.99. The summed E-state index contributed by atoms with van der Waals surface area (Å²) in [5.74, 6) is -1.36. The Balaban J connectivity index is 1.79. The van der Waals surface area contributed by atoms with Crippen molar-refractivity contribution in [2.24, 2.45) is 5.41 Å². The quantitative estimate of drug-likeness (QED) is 0.650. The van der Waals surface area contributed by atoms with Gasteiger partial charge in [-0.2, -0.15) is 0 Å². The van der Waals surface area contributed by atoms with E-state index in [1.165, 1.54) is 12.1 Å². The van der Waals surface area contributed by atoms with Crippen LogP contribution in [0.2, 0.25) is 0 Å². The molecule has 2 amide bonds. The standard InChI is InChI=1S/C22H31FN2O4/c1-21(2,3)25-18(26)14-22(11-4-5-12-22)20(28)29-15-19(27)24-13-10-16-6-8-17(23)9-7-16/h6-9H,4-5,10-15H2,1-3H3,(H,24,27)(H,25,26). The van der Waals surface area contributed by atoms with Gasteiger partial charge in [0, 0.05) is 18.5 Å². The Morgan fingerprint density at radius 2 is 1.69 bits per heavy atom. The van der Waals surface area contributed by atoms with Crippen molar-refractivity contribution >= 4 is 17.8 Å². The Bertz CT molecular complexity index is 719. The molecule has 6 nitrogen and oxygen atoms in total. The van der Waals surface area contributed by atoms with E-state index in [1.54, 1.807) is 12.1 Å². The minimum absolute atomic E-state index is 0.0787. The Morgan fingerprint density at radius 3 is 2.28 bits per heavy atom. The van der Waals surface area contributed by atoms with E-state index in [9.17, 15) is 18.8 Å². The van der Waals surface area contributed by atoms with Gasteiger partial charge in [0.05, 0.1) is 5.41 Å². The van der Waals surface area contributed by atoms with Crippen molar-refractivity contribution in [1.29, 1.82) is 0 Å². The molecular formula is C22H31FN2O4. The summed E-state index contributed by atoms with van der Waals surface area (Å²) in [6.07, 6.45) is 3.54. The van der Waals surface area contributed by atoms with Gasteiger partial charge >= 0.3 is 5.97 Å². The number of nitrogens with one attached hydrogen (secondary N) is 2. The second kappa shape index (κ2) is 9.85. The summed E-state index contributed by atoms with van der Waals surface area (Å²) in [4.78, 5) is 37.0. The lowest BCUT2D eigenvalue weighted by Crippen LogP contribution is -2.44. The molecule has 1 saturated carbocycles. The number of carbonyl (C=O) groups excluding carboxylic acids is 3. The van der Waals surface area contributed by atoms with Crippen LogP contribution < -0.4 is 10.6 Å². The summed E-state index contributed by atoms with van der Waals surface area (Å²) < 4.78 is 18.1. The molecule has 1 aromatic carbocycles. The predicted octanol–water partition coefficient (Wildman–Crippen LogP) is 2.89. The van der Waals surface area contributed by atoms with Crippen molar-refractivity contribution in [2.45, 2.75) is 64.8 Å². The van der Waals surface area contributed by atoms with Crippen LogP contribution in [0.5, 0.6) is 0 Å². The van der Waals surface area contributed by atoms with Gasteiger partial charge in [-0.1, -0.05) is 25.0 Å². The first kappa shape index (κ1) is 22.8. The molecule has 0 bridgehead atoms. The van der Waals surface area contributed by atoms with Crippen LogP contribution in [0.15, 0.2) is 24.3 Å². The highest BCUT2D eigenvalue weighted by atomic mass is 19.1. The molecule has 0 saturated heterocycles. The average Bonchev–Trinajstić information content (AvgIpc) is 3.09. The fourth-order valence-electron chi connectivity index (χ4n) is 3.61. The molecule has 29 heavy (non-hydrogen) atoms. The largest absolute Gasteiger partial charge is 0.455 e. The molecule has 160 valence electrons. The maximum atomic E-state index is 12.9. The van der Waals surface area contributed by atoms with Gasteiger partial charge < -0.3 is 15.4 Å². The van der Waals surface area contributed by atoms with Crippen molar-refractivity contribution in [3.63, 3.8) is 0 Å². The van der Waals surface area contributed by atoms with E-state index in [0.717, 1.165) is 18.4 Å². The van der Waals surface area contributed by atoms with Crippen LogP contribution in [0.3, 0.4) is 0 Å². The number of esters is 1. The number of ether oxygens (including phenoxy) is 1. The maximum absolute atomic E-state index is 12.9. The fraction of sp³-hybridized carbons (Fsp3) is 0.591. The van der Waals surface area contributed by atoms with Crippen LogP contribution in [0, 0.1) is 11.2 Å². The molecule has 7 heteroatoms. The van der Waals surface area contributed by atoms with Crippen molar-refractivity contribution in [3.8, 4) is 0 Å². The van der Waals surface area contributed by atoms with Gasteiger partial charge in [0.2, 0.25) is 5.91 Å². The molecular weight excluding hydrogens is 375 g/mol. The van der Waals surface area contributed by atoms with Crippen molar-refractivity contribution in [3.05, 3.63) is 35.6 Å². The lowest BCUT2D eigenvalue weighted by molar-refractivity contribution is -0.160. The van der Waals surface area contributed by atoms with Crippen LogP contribution in [0.4, 0.5) is 4.39 Å².